The number of rotatable bonds is 4. The number of benzene rings is 2. The van der Waals surface area contributed by atoms with Gasteiger partial charge in [0.2, 0.25) is 0 Å². The van der Waals surface area contributed by atoms with Crippen LogP contribution in [0.4, 0.5) is 0 Å². The van der Waals surface area contributed by atoms with Gasteiger partial charge in [0, 0.05) is 19.7 Å². The molecule has 1 N–H and O–H groups in total. The van der Waals surface area contributed by atoms with E-state index in [0.29, 0.717) is 0 Å². The lowest BCUT2D eigenvalue weighted by atomic mass is 10.0. The van der Waals surface area contributed by atoms with Crippen molar-refractivity contribution in [1.29, 1.82) is 0 Å². The van der Waals surface area contributed by atoms with Gasteiger partial charge in [0.25, 0.3) is 5.91 Å². The first-order chi connectivity index (χ1) is 9.11. The zero-order valence-electron chi connectivity index (χ0n) is 11.7. The summed E-state index contributed by atoms with van der Waals surface area (Å²) in [5.74, 6) is 0.0427. The fourth-order valence-corrected chi connectivity index (χ4v) is 2.11. The number of hydrogen-bond donors (Lipinski definition) is 1. The summed E-state index contributed by atoms with van der Waals surface area (Å²) in [7, 11) is 5.50. The molecule has 0 atom stereocenters. The minimum Gasteiger partial charge on any atom is -0.345 e. The summed E-state index contributed by atoms with van der Waals surface area (Å²) in [4.78, 5) is 13.5. The van der Waals surface area contributed by atoms with Crippen molar-refractivity contribution in [3.63, 3.8) is 0 Å². The lowest BCUT2D eigenvalue weighted by Gasteiger charge is -2.11. The molecule has 0 fully saturated rings. The summed E-state index contributed by atoms with van der Waals surface area (Å²) in [6.45, 7) is 0.975. The number of fused-ring (bicyclic) bond motifs is 1. The van der Waals surface area contributed by atoms with E-state index < -0.39 is 0 Å². The van der Waals surface area contributed by atoms with E-state index >= 15 is 0 Å². The smallest absolute Gasteiger partial charge is 0.253 e. The summed E-state index contributed by atoms with van der Waals surface area (Å²) in [6.07, 6.45) is 1.02. The van der Waals surface area contributed by atoms with Gasteiger partial charge in [-0.2, -0.15) is 0 Å². The van der Waals surface area contributed by atoms with Gasteiger partial charge in [0.15, 0.2) is 0 Å². The third-order valence-electron chi connectivity index (χ3n) is 3.22. The van der Waals surface area contributed by atoms with E-state index in [-0.39, 0.29) is 5.91 Å². The second kappa shape index (κ2) is 5.85. The Morgan fingerprint density at radius 2 is 1.79 bits per heavy atom. The SMILES string of the molecule is CNCCc1ccc2cc(C(=O)N(C)C)ccc2c1. The highest BCUT2D eigenvalue weighted by molar-refractivity contribution is 5.98. The third-order valence-corrected chi connectivity index (χ3v) is 3.22. The highest BCUT2D eigenvalue weighted by Crippen LogP contribution is 2.19. The second-order valence-electron chi connectivity index (χ2n) is 4.95. The van der Waals surface area contributed by atoms with E-state index in [2.05, 4.69) is 23.5 Å². The number of nitrogens with one attached hydrogen (secondary N) is 1. The Kier molecular flexibility index (Phi) is 4.17. The number of amides is 1. The molecule has 3 heteroatoms. The summed E-state index contributed by atoms with van der Waals surface area (Å²) >= 11 is 0. The third kappa shape index (κ3) is 3.12. The molecular formula is C16H20N2O. The maximum atomic E-state index is 11.9. The minimum atomic E-state index is 0.0427. The average molecular weight is 256 g/mol. The van der Waals surface area contributed by atoms with Crippen LogP contribution in [-0.4, -0.2) is 38.5 Å². The highest BCUT2D eigenvalue weighted by Gasteiger charge is 2.08. The van der Waals surface area contributed by atoms with Crippen LogP contribution >= 0.6 is 0 Å². The van der Waals surface area contributed by atoms with Crippen LogP contribution in [0.25, 0.3) is 10.8 Å². The number of hydrogen-bond acceptors (Lipinski definition) is 2. The normalized spacial score (nSPS) is 10.7. The zero-order valence-corrected chi connectivity index (χ0v) is 11.7. The van der Waals surface area contributed by atoms with Crippen molar-refractivity contribution in [2.75, 3.05) is 27.7 Å². The van der Waals surface area contributed by atoms with Gasteiger partial charge in [-0.15, -0.1) is 0 Å². The molecule has 0 saturated carbocycles. The van der Waals surface area contributed by atoms with Crippen molar-refractivity contribution in [1.82, 2.24) is 10.2 Å². The standard InChI is InChI=1S/C16H20N2O/c1-17-9-8-12-4-5-14-11-15(16(19)18(2)3)7-6-13(14)10-12/h4-7,10-11,17H,8-9H2,1-3H3. The first kappa shape index (κ1) is 13.6. The van der Waals surface area contributed by atoms with Crippen LogP contribution in [0.3, 0.4) is 0 Å². The average Bonchev–Trinajstić information content (AvgIpc) is 2.43. The Morgan fingerprint density at radius 3 is 2.47 bits per heavy atom. The number of nitrogens with zero attached hydrogens (tertiary/aromatic N) is 1. The van der Waals surface area contributed by atoms with Crippen molar-refractivity contribution in [2.24, 2.45) is 0 Å². The second-order valence-corrected chi connectivity index (χ2v) is 4.95. The number of carbonyl (C=O) groups is 1. The lowest BCUT2D eigenvalue weighted by Crippen LogP contribution is -2.21. The molecule has 0 aliphatic heterocycles. The molecule has 0 aliphatic rings. The predicted octanol–water partition coefficient (Wildman–Crippen LogP) is 2.30. The van der Waals surface area contributed by atoms with Crippen molar-refractivity contribution in [2.45, 2.75) is 6.42 Å². The number of likely N-dealkylation sites (N-methyl/N-ethyl adjacent to an activating group) is 1. The van der Waals surface area contributed by atoms with Gasteiger partial charge in [-0.25, -0.2) is 0 Å². The van der Waals surface area contributed by atoms with Gasteiger partial charge in [-0.3, -0.25) is 4.79 Å². The van der Waals surface area contributed by atoms with E-state index in [1.165, 1.54) is 10.9 Å². The summed E-state index contributed by atoms with van der Waals surface area (Å²) < 4.78 is 0. The predicted molar refractivity (Wildman–Crippen MR) is 79.6 cm³/mol. The summed E-state index contributed by atoms with van der Waals surface area (Å²) in [5.41, 5.74) is 2.05. The molecule has 3 nitrogen and oxygen atoms in total. The monoisotopic (exact) mass is 256 g/mol. The lowest BCUT2D eigenvalue weighted by molar-refractivity contribution is 0.0828. The van der Waals surface area contributed by atoms with Crippen LogP contribution < -0.4 is 5.32 Å². The van der Waals surface area contributed by atoms with Crippen LogP contribution in [-0.2, 0) is 6.42 Å². The highest BCUT2D eigenvalue weighted by atomic mass is 16.2. The maximum absolute atomic E-state index is 11.9. The molecule has 100 valence electrons. The van der Waals surface area contributed by atoms with Crippen LogP contribution in [0, 0.1) is 0 Å². The molecule has 0 unspecified atom stereocenters. The molecule has 0 aliphatic carbocycles. The summed E-state index contributed by atoms with van der Waals surface area (Å²) in [5, 5.41) is 5.45. The van der Waals surface area contributed by atoms with Crippen LogP contribution in [0.5, 0.6) is 0 Å². The maximum Gasteiger partial charge on any atom is 0.253 e. The minimum absolute atomic E-state index is 0.0427. The zero-order chi connectivity index (χ0) is 13.8. The Hall–Kier alpha value is -1.87. The summed E-state index contributed by atoms with van der Waals surface area (Å²) in [6, 6.07) is 12.3. The van der Waals surface area contributed by atoms with E-state index in [1.54, 1.807) is 19.0 Å². The molecular weight excluding hydrogens is 236 g/mol. The Labute approximate surface area is 114 Å². The Morgan fingerprint density at radius 1 is 1.11 bits per heavy atom. The largest absolute Gasteiger partial charge is 0.345 e. The van der Waals surface area contributed by atoms with Crippen molar-refractivity contribution in [3.05, 3.63) is 47.5 Å². The molecule has 2 rings (SSSR count). The van der Waals surface area contributed by atoms with Crippen molar-refractivity contribution in [3.8, 4) is 0 Å². The Bertz CT molecular complexity index is 590. The van der Waals surface area contributed by atoms with Crippen LogP contribution in [0.15, 0.2) is 36.4 Å². The molecule has 0 spiro atoms. The molecule has 0 aromatic heterocycles. The molecule has 19 heavy (non-hydrogen) atoms. The van der Waals surface area contributed by atoms with Crippen LogP contribution in [0.2, 0.25) is 0 Å². The molecule has 0 saturated heterocycles. The molecule has 1 amide bonds. The fraction of sp³-hybridized carbons (Fsp3) is 0.312. The molecule has 2 aromatic rings. The van der Waals surface area contributed by atoms with Gasteiger partial charge in [-0.1, -0.05) is 24.3 Å². The van der Waals surface area contributed by atoms with Gasteiger partial charge in [-0.05, 0) is 48.5 Å². The number of carbonyl (C=O) groups excluding carboxylic acids is 1. The molecule has 0 radical (unpaired) electrons. The first-order valence-electron chi connectivity index (χ1n) is 6.51. The quantitative estimate of drug-likeness (QED) is 0.910. The van der Waals surface area contributed by atoms with E-state index in [1.807, 2.05) is 25.2 Å². The molecule has 2 aromatic carbocycles. The van der Waals surface area contributed by atoms with Gasteiger partial charge in [0.1, 0.15) is 0 Å². The molecule has 0 heterocycles. The van der Waals surface area contributed by atoms with Crippen LogP contribution in [0.1, 0.15) is 15.9 Å². The van der Waals surface area contributed by atoms with E-state index in [0.717, 1.165) is 23.9 Å². The van der Waals surface area contributed by atoms with E-state index in [9.17, 15) is 4.79 Å². The van der Waals surface area contributed by atoms with Crippen molar-refractivity contribution < 1.29 is 4.79 Å². The topological polar surface area (TPSA) is 32.3 Å². The van der Waals surface area contributed by atoms with Gasteiger partial charge in [0.05, 0.1) is 0 Å². The van der Waals surface area contributed by atoms with Crippen molar-refractivity contribution >= 4 is 16.7 Å². The molecule has 0 bridgehead atoms. The van der Waals surface area contributed by atoms with Gasteiger partial charge < -0.3 is 10.2 Å². The van der Waals surface area contributed by atoms with E-state index in [4.69, 9.17) is 0 Å². The fourth-order valence-electron chi connectivity index (χ4n) is 2.11. The first-order valence-corrected chi connectivity index (χ1v) is 6.51. The van der Waals surface area contributed by atoms with Gasteiger partial charge >= 0.3 is 0 Å². The Balaban J connectivity index is 2.32.